The summed E-state index contributed by atoms with van der Waals surface area (Å²) in [5.74, 6) is 0.742. The third-order valence-corrected chi connectivity index (χ3v) is 5.72. The molecule has 0 aromatic rings. The first-order valence-corrected chi connectivity index (χ1v) is 8.17. The van der Waals surface area contributed by atoms with Crippen molar-refractivity contribution in [3.63, 3.8) is 0 Å². The minimum Gasteiger partial charge on any atom is -0.304 e. The van der Waals surface area contributed by atoms with Gasteiger partial charge in [0.15, 0.2) is 0 Å². The molecule has 2 fully saturated rings. The number of ketones is 1. The molecule has 0 spiro atoms. The summed E-state index contributed by atoms with van der Waals surface area (Å²) in [5.41, 5.74) is 0.265. The zero-order chi connectivity index (χ0) is 15.0. The van der Waals surface area contributed by atoms with Crippen LogP contribution in [0.3, 0.4) is 0 Å². The van der Waals surface area contributed by atoms with Crippen molar-refractivity contribution < 1.29 is 4.79 Å². The number of carbonyl (C=O) groups is 1. The molecular formula is C17H32N2O. The molecule has 0 heterocycles. The lowest BCUT2D eigenvalue weighted by molar-refractivity contribution is -0.135. The van der Waals surface area contributed by atoms with E-state index in [2.05, 4.69) is 44.8 Å². The van der Waals surface area contributed by atoms with Crippen molar-refractivity contribution in [2.45, 2.75) is 57.9 Å². The molecule has 0 radical (unpaired) electrons. The normalized spacial score (nSPS) is 28.8. The van der Waals surface area contributed by atoms with Gasteiger partial charge in [0, 0.05) is 30.0 Å². The molecule has 3 heteroatoms. The molecule has 2 rings (SSSR count). The standard InChI is InChI=1S/C17H32N2O/c1-16(2)9-6-8-14(15(16)20)12-19(5)13-17(18(3)4)10-7-11-17/h14H,6-13H2,1-5H3. The van der Waals surface area contributed by atoms with E-state index in [1.807, 2.05) is 0 Å². The van der Waals surface area contributed by atoms with Crippen molar-refractivity contribution in [3.05, 3.63) is 0 Å². The Morgan fingerprint density at radius 1 is 1.10 bits per heavy atom. The van der Waals surface area contributed by atoms with Gasteiger partial charge in [0.2, 0.25) is 0 Å². The van der Waals surface area contributed by atoms with Crippen LogP contribution in [-0.2, 0) is 4.79 Å². The van der Waals surface area contributed by atoms with Gasteiger partial charge in [-0.2, -0.15) is 0 Å². The van der Waals surface area contributed by atoms with Crippen LogP contribution in [0, 0.1) is 11.3 Å². The molecule has 20 heavy (non-hydrogen) atoms. The van der Waals surface area contributed by atoms with Gasteiger partial charge in [-0.1, -0.05) is 20.3 Å². The van der Waals surface area contributed by atoms with E-state index in [4.69, 9.17) is 0 Å². The Kier molecular flexibility index (Phi) is 4.60. The predicted octanol–water partition coefficient (Wildman–Crippen LogP) is 2.80. The van der Waals surface area contributed by atoms with Gasteiger partial charge in [0.05, 0.1) is 0 Å². The van der Waals surface area contributed by atoms with Gasteiger partial charge in [0.1, 0.15) is 5.78 Å². The molecule has 1 atom stereocenters. The minimum absolute atomic E-state index is 0.0978. The fraction of sp³-hybridized carbons (Fsp3) is 0.941. The summed E-state index contributed by atoms with van der Waals surface area (Å²) < 4.78 is 0. The number of rotatable bonds is 5. The topological polar surface area (TPSA) is 23.6 Å². The maximum atomic E-state index is 12.5. The van der Waals surface area contributed by atoms with Crippen LogP contribution in [0.25, 0.3) is 0 Å². The molecule has 0 aliphatic heterocycles. The highest BCUT2D eigenvalue weighted by Gasteiger charge is 2.41. The second-order valence-corrected chi connectivity index (χ2v) is 8.01. The van der Waals surface area contributed by atoms with E-state index in [0.29, 0.717) is 11.3 Å². The molecule has 2 saturated carbocycles. The first-order chi connectivity index (χ1) is 9.27. The Balaban J connectivity index is 1.91. The van der Waals surface area contributed by atoms with E-state index < -0.39 is 0 Å². The van der Waals surface area contributed by atoms with E-state index in [1.165, 1.54) is 25.7 Å². The van der Waals surface area contributed by atoms with Crippen molar-refractivity contribution in [2.24, 2.45) is 11.3 Å². The molecule has 0 saturated heterocycles. The second-order valence-electron chi connectivity index (χ2n) is 8.01. The monoisotopic (exact) mass is 280 g/mol. The zero-order valence-electron chi connectivity index (χ0n) is 14.0. The van der Waals surface area contributed by atoms with E-state index in [-0.39, 0.29) is 11.3 Å². The summed E-state index contributed by atoms with van der Waals surface area (Å²) in [6.07, 6.45) is 7.30. The predicted molar refractivity (Wildman–Crippen MR) is 83.9 cm³/mol. The van der Waals surface area contributed by atoms with Gasteiger partial charge in [0.25, 0.3) is 0 Å². The summed E-state index contributed by atoms with van der Waals surface area (Å²) in [5, 5.41) is 0. The number of hydrogen-bond acceptors (Lipinski definition) is 3. The summed E-state index contributed by atoms with van der Waals surface area (Å²) in [4.78, 5) is 17.3. The van der Waals surface area contributed by atoms with Gasteiger partial charge in [-0.05, 0) is 53.2 Å². The molecule has 0 aromatic heterocycles. The SMILES string of the molecule is CN(CC1CCCC(C)(C)C1=O)CC1(N(C)C)CCC1. The van der Waals surface area contributed by atoms with Crippen LogP contribution in [0.1, 0.15) is 52.4 Å². The zero-order valence-corrected chi connectivity index (χ0v) is 14.0. The van der Waals surface area contributed by atoms with Crippen molar-refractivity contribution in [1.29, 1.82) is 0 Å². The highest BCUT2D eigenvalue weighted by atomic mass is 16.1. The van der Waals surface area contributed by atoms with Crippen LogP contribution in [0.4, 0.5) is 0 Å². The fourth-order valence-corrected chi connectivity index (χ4v) is 4.05. The summed E-state index contributed by atoms with van der Waals surface area (Å²) in [6, 6.07) is 0. The van der Waals surface area contributed by atoms with E-state index in [9.17, 15) is 4.79 Å². The van der Waals surface area contributed by atoms with E-state index >= 15 is 0 Å². The molecular weight excluding hydrogens is 248 g/mol. The lowest BCUT2D eigenvalue weighted by Crippen LogP contribution is -2.57. The molecule has 0 bridgehead atoms. The molecule has 0 N–H and O–H groups in total. The first-order valence-electron chi connectivity index (χ1n) is 8.17. The Labute approximate surface area is 124 Å². The minimum atomic E-state index is -0.0978. The Bertz CT molecular complexity index is 358. The van der Waals surface area contributed by atoms with Gasteiger partial charge in [-0.15, -0.1) is 0 Å². The number of nitrogens with zero attached hydrogens (tertiary/aromatic N) is 2. The number of likely N-dealkylation sites (N-methyl/N-ethyl adjacent to an activating group) is 2. The van der Waals surface area contributed by atoms with E-state index in [1.54, 1.807) is 0 Å². The van der Waals surface area contributed by atoms with Crippen LogP contribution in [-0.4, -0.2) is 55.4 Å². The second kappa shape index (κ2) is 5.76. The molecule has 116 valence electrons. The molecule has 1 unspecified atom stereocenters. The Morgan fingerprint density at radius 2 is 1.75 bits per heavy atom. The smallest absolute Gasteiger partial charge is 0.142 e. The Hall–Kier alpha value is -0.410. The lowest BCUT2D eigenvalue weighted by atomic mass is 9.70. The molecule has 3 nitrogen and oxygen atoms in total. The van der Waals surface area contributed by atoms with Crippen LogP contribution < -0.4 is 0 Å². The van der Waals surface area contributed by atoms with Crippen LogP contribution in [0.2, 0.25) is 0 Å². The van der Waals surface area contributed by atoms with Gasteiger partial charge < -0.3 is 9.80 Å². The molecule has 2 aliphatic rings. The summed E-state index contributed by atoms with van der Waals surface area (Å²) in [7, 11) is 6.59. The van der Waals surface area contributed by atoms with Crippen LogP contribution >= 0.6 is 0 Å². The van der Waals surface area contributed by atoms with Crippen molar-refractivity contribution in [2.75, 3.05) is 34.2 Å². The van der Waals surface area contributed by atoms with Crippen LogP contribution in [0.15, 0.2) is 0 Å². The summed E-state index contributed by atoms with van der Waals surface area (Å²) in [6.45, 7) is 6.28. The first kappa shape index (κ1) is 16.0. The molecule has 0 amide bonds. The lowest BCUT2D eigenvalue weighted by Gasteiger charge is -2.49. The van der Waals surface area contributed by atoms with Gasteiger partial charge >= 0.3 is 0 Å². The maximum Gasteiger partial charge on any atom is 0.142 e. The number of Topliss-reactive ketones (excluding diaryl/α,β-unsaturated/α-hetero) is 1. The number of hydrogen-bond donors (Lipinski definition) is 0. The molecule has 2 aliphatic carbocycles. The van der Waals surface area contributed by atoms with Gasteiger partial charge in [-0.25, -0.2) is 0 Å². The number of carbonyl (C=O) groups excluding carboxylic acids is 1. The van der Waals surface area contributed by atoms with Crippen LogP contribution in [0.5, 0.6) is 0 Å². The maximum absolute atomic E-state index is 12.5. The average molecular weight is 280 g/mol. The Morgan fingerprint density at radius 3 is 2.25 bits per heavy atom. The van der Waals surface area contributed by atoms with Gasteiger partial charge in [-0.3, -0.25) is 4.79 Å². The van der Waals surface area contributed by atoms with Crippen molar-refractivity contribution in [1.82, 2.24) is 9.80 Å². The molecule has 0 aromatic carbocycles. The van der Waals surface area contributed by atoms with Crippen molar-refractivity contribution in [3.8, 4) is 0 Å². The largest absolute Gasteiger partial charge is 0.304 e. The quantitative estimate of drug-likeness (QED) is 0.773. The highest BCUT2D eigenvalue weighted by molar-refractivity contribution is 5.87. The van der Waals surface area contributed by atoms with Crippen molar-refractivity contribution >= 4 is 5.78 Å². The third kappa shape index (κ3) is 3.09. The fourth-order valence-electron chi connectivity index (χ4n) is 4.05. The third-order valence-electron chi connectivity index (χ3n) is 5.72. The van der Waals surface area contributed by atoms with E-state index in [0.717, 1.165) is 25.9 Å². The highest BCUT2D eigenvalue weighted by Crippen LogP contribution is 2.38. The summed E-state index contributed by atoms with van der Waals surface area (Å²) >= 11 is 0. The average Bonchev–Trinajstić information content (AvgIpc) is 2.29.